The zero-order valence-electron chi connectivity index (χ0n) is 10.7. The van der Waals surface area contributed by atoms with Crippen LogP contribution in [0.3, 0.4) is 0 Å². The summed E-state index contributed by atoms with van der Waals surface area (Å²) in [5, 5.41) is 0. The second kappa shape index (κ2) is 5.50. The van der Waals surface area contributed by atoms with Gasteiger partial charge in [0.25, 0.3) is 0 Å². The fourth-order valence-electron chi connectivity index (χ4n) is 1.99. The van der Waals surface area contributed by atoms with Gasteiger partial charge in [-0.3, -0.25) is 0 Å². The van der Waals surface area contributed by atoms with Gasteiger partial charge in [0.2, 0.25) is 0 Å². The zero-order chi connectivity index (χ0) is 12.1. The maximum absolute atomic E-state index is 3.90. The number of hydrogen-bond acceptors (Lipinski definition) is 0. The van der Waals surface area contributed by atoms with Crippen LogP contribution in [0.4, 0.5) is 0 Å². The van der Waals surface area contributed by atoms with Crippen molar-refractivity contribution in [3.8, 4) is 0 Å². The average molecular weight is 212 g/mol. The van der Waals surface area contributed by atoms with E-state index in [0.717, 1.165) is 0 Å². The summed E-state index contributed by atoms with van der Waals surface area (Å²) in [6, 6.07) is 2.22. The number of allylic oxidation sites excluding steroid dienone is 2. The maximum atomic E-state index is 3.90. The first kappa shape index (κ1) is 12.5. The summed E-state index contributed by atoms with van der Waals surface area (Å²) in [6.07, 6.45) is 10.4. The lowest BCUT2D eigenvalue weighted by atomic mass is 9.92. The molecule has 1 aromatic carbocycles. The first-order valence-electron chi connectivity index (χ1n) is 5.67. The van der Waals surface area contributed by atoms with Crippen molar-refractivity contribution in [2.75, 3.05) is 0 Å². The van der Waals surface area contributed by atoms with Gasteiger partial charge in [-0.05, 0) is 55.5 Å². The largest absolute Gasteiger partial charge is 0.0984 e. The topological polar surface area (TPSA) is 0 Å². The Bertz CT molecular complexity index is 446. The molecule has 0 spiro atoms. The molecule has 0 aliphatic carbocycles. The van der Waals surface area contributed by atoms with Gasteiger partial charge >= 0.3 is 0 Å². The van der Waals surface area contributed by atoms with Crippen LogP contribution < -0.4 is 0 Å². The van der Waals surface area contributed by atoms with E-state index in [1.165, 1.54) is 27.8 Å². The van der Waals surface area contributed by atoms with Crippen LogP contribution in [0.2, 0.25) is 0 Å². The molecule has 84 valence electrons. The third-order valence-electron chi connectivity index (χ3n) is 2.81. The molecule has 16 heavy (non-hydrogen) atoms. The SMILES string of the molecule is C=Cc1c(C)cc(/C=C\C)c(C)c1/C=C\C. The van der Waals surface area contributed by atoms with E-state index in [1.807, 2.05) is 19.9 Å². The molecule has 0 aromatic heterocycles. The maximum Gasteiger partial charge on any atom is -0.0150 e. The van der Waals surface area contributed by atoms with Crippen LogP contribution in [0.5, 0.6) is 0 Å². The Labute approximate surface area is 99.0 Å². The lowest BCUT2D eigenvalue weighted by molar-refractivity contribution is 1.33. The quantitative estimate of drug-likeness (QED) is 0.660. The van der Waals surface area contributed by atoms with Crippen LogP contribution in [0, 0.1) is 13.8 Å². The van der Waals surface area contributed by atoms with Gasteiger partial charge in [-0.15, -0.1) is 0 Å². The van der Waals surface area contributed by atoms with Crippen LogP contribution >= 0.6 is 0 Å². The molecule has 0 fully saturated rings. The highest BCUT2D eigenvalue weighted by molar-refractivity contribution is 5.74. The minimum absolute atomic E-state index is 1.24. The van der Waals surface area contributed by atoms with E-state index in [0.29, 0.717) is 0 Å². The summed E-state index contributed by atoms with van der Waals surface area (Å²) in [5.74, 6) is 0. The van der Waals surface area contributed by atoms with Gasteiger partial charge in [0.05, 0.1) is 0 Å². The van der Waals surface area contributed by atoms with E-state index in [-0.39, 0.29) is 0 Å². The molecule has 0 amide bonds. The van der Waals surface area contributed by atoms with Crippen LogP contribution in [0.15, 0.2) is 24.8 Å². The van der Waals surface area contributed by atoms with E-state index < -0.39 is 0 Å². The molecule has 0 radical (unpaired) electrons. The first-order chi connectivity index (χ1) is 7.65. The van der Waals surface area contributed by atoms with Gasteiger partial charge in [-0.1, -0.05) is 43.0 Å². The number of rotatable bonds is 3. The molecule has 0 aliphatic rings. The van der Waals surface area contributed by atoms with Crippen molar-refractivity contribution in [3.63, 3.8) is 0 Å². The predicted octanol–water partition coefficient (Wildman–Crippen LogP) is 5.01. The molecular formula is C16H20. The van der Waals surface area contributed by atoms with Gasteiger partial charge in [0.1, 0.15) is 0 Å². The van der Waals surface area contributed by atoms with Gasteiger partial charge in [0, 0.05) is 0 Å². The minimum Gasteiger partial charge on any atom is -0.0984 e. The molecule has 0 bridgehead atoms. The van der Waals surface area contributed by atoms with E-state index in [2.05, 4.69) is 50.8 Å². The Morgan fingerprint density at radius 2 is 1.62 bits per heavy atom. The fraction of sp³-hybridized carbons (Fsp3) is 0.250. The highest BCUT2D eigenvalue weighted by atomic mass is 14.1. The third kappa shape index (κ3) is 2.33. The van der Waals surface area contributed by atoms with Gasteiger partial charge in [0.15, 0.2) is 0 Å². The van der Waals surface area contributed by atoms with Crippen molar-refractivity contribution in [1.82, 2.24) is 0 Å². The molecule has 0 saturated heterocycles. The smallest absolute Gasteiger partial charge is 0.0150 e. The second-order valence-corrected chi connectivity index (χ2v) is 3.94. The Kier molecular flexibility index (Phi) is 4.30. The molecule has 0 heterocycles. The molecule has 0 heteroatoms. The zero-order valence-corrected chi connectivity index (χ0v) is 10.7. The Morgan fingerprint density at radius 1 is 1.00 bits per heavy atom. The Morgan fingerprint density at radius 3 is 2.12 bits per heavy atom. The van der Waals surface area contributed by atoms with Gasteiger partial charge in [-0.25, -0.2) is 0 Å². The summed E-state index contributed by atoms with van der Waals surface area (Å²) < 4.78 is 0. The number of benzene rings is 1. The summed E-state index contributed by atoms with van der Waals surface area (Å²) in [5.41, 5.74) is 6.41. The van der Waals surface area contributed by atoms with Crippen LogP contribution in [0.1, 0.15) is 41.7 Å². The fourth-order valence-corrected chi connectivity index (χ4v) is 1.99. The Hall–Kier alpha value is -1.56. The van der Waals surface area contributed by atoms with Crippen LogP contribution in [-0.2, 0) is 0 Å². The first-order valence-corrected chi connectivity index (χ1v) is 5.67. The molecule has 0 saturated carbocycles. The van der Waals surface area contributed by atoms with Gasteiger partial charge < -0.3 is 0 Å². The standard InChI is InChI=1S/C16H20/c1-6-9-14-11-12(4)15(8-3)16(10-7-2)13(14)5/h6-11H,3H2,1-2,4-5H3/b9-6-,10-7-. The second-order valence-electron chi connectivity index (χ2n) is 3.94. The van der Waals surface area contributed by atoms with Crippen molar-refractivity contribution >= 4 is 18.2 Å². The average Bonchev–Trinajstić information content (AvgIpc) is 2.26. The predicted molar refractivity (Wildman–Crippen MR) is 75.4 cm³/mol. The highest BCUT2D eigenvalue weighted by Crippen LogP contribution is 2.26. The molecule has 0 unspecified atom stereocenters. The minimum atomic E-state index is 1.24. The monoisotopic (exact) mass is 212 g/mol. The Balaban J connectivity index is 3.57. The van der Waals surface area contributed by atoms with E-state index in [9.17, 15) is 0 Å². The van der Waals surface area contributed by atoms with Gasteiger partial charge in [-0.2, -0.15) is 0 Å². The molecule has 0 nitrogen and oxygen atoms in total. The molecule has 1 aromatic rings. The normalized spacial score (nSPS) is 11.5. The molecule has 0 atom stereocenters. The number of aryl methyl sites for hydroxylation is 1. The van der Waals surface area contributed by atoms with E-state index in [4.69, 9.17) is 0 Å². The van der Waals surface area contributed by atoms with Crippen LogP contribution in [-0.4, -0.2) is 0 Å². The molecule has 0 N–H and O–H groups in total. The van der Waals surface area contributed by atoms with Crippen LogP contribution in [0.25, 0.3) is 18.2 Å². The highest BCUT2D eigenvalue weighted by Gasteiger charge is 2.07. The van der Waals surface area contributed by atoms with Crippen molar-refractivity contribution in [1.29, 1.82) is 0 Å². The molecule has 0 aliphatic heterocycles. The van der Waals surface area contributed by atoms with Crippen molar-refractivity contribution in [2.45, 2.75) is 27.7 Å². The molecule has 1 rings (SSSR count). The summed E-state index contributed by atoms with van der Waals surface area (Å²) in [4.78, 5) is 0. The van der Waals surface area contributed by atoms with E-state index >= 15 is 0 Å². The lowest BCUT2D eigenvalue weighted by Crippen LogP contribution is -1.94. The lowest BCUT2D eigenvalue weighted by Gasteiger charge is -2.13. The third-order valence-corrected chi connectivity index (χ3v) is 2.81. The van der Waals surface area contributed by atoms with Crippen molar-refractivity contribution in [2.24, 2.45) is 0 Å². The molecular weight excluding hydrogens is 192 g/mol. The summed E-state index contributed by atoms with van der Waals surface area (Å²) >= 11 is 0. The number of hydrogen-bond donors (Lipinski definition) is 0. The van der Waals surface area contributed by atoms with Crippen molar-refractivity contribution in [3.05, 3.63) is 52.6 Å². The van der Waals surface area contributed by atoms with E-state index in [1.54, 1.807) is 0 Å². The van der Waals surface area contributed by atoms with Crippen molar-refractivity contribution < 1.29 is 0 Å². The summed E-state index contributed by atoms with van der Waals surface area (Å²) in [6.45, 7) is 12.3. The summed E-state index contributed by atoms with van der Waals surface area (Å²) in [7, 11) is 0.